The maximum absolute atomic E-state index is 8.94. The van der Waals surface area contributed by atoms with Crippen LogP contribution in [0.25, 0.3) is 22.4 Å². The molecule has 0 aliphatic heterocycles. The van der Waals surface area contributed by atoms with Gasteiger partial charge in [-0.05, 0) is 36.4 Å². The smallest absolute Gasteiger partial charge is 0.180 e. The highest BCUT2D eigenvalue weighted by atomic mass is 16.5. The number of rotatable bonds is 8. The first-order valence-corrected chi connectivity index (χ1v) is 7.76. The Morgan fingerprint density at radius 1 is 0.960 bits per heavy atom. The molecular formula is C17H18N4O4. The molecule has 0 radical (unpaired) electrons. The molecule has 0 bridgehead atoms. The molecule has 0 aliphatic carbocycles. The zero-order chi connectivity index (χ0) is 17.5. The third kappa shape index (κ3) is 4.38. The average Bonchev–Trinajstić information content (AvgIpc) is 2.67. The summed E-state index contributed by atoms with van der Waals surface area (Å²) < 4.78 is 10.7. The van der Waals surface area contributed by atoms with E-state index in [0.29, 0.717) is 42.5 Å². The fourth-order valence-electron chi connectivity index (χ4n) is 2.21. The number of pyridine rings is 1. The van der Waals surface area contributed by atoms with Gasteiger partial charge in [0.15, 0.2) is 11.5 Å². The van der Waals surface area contributed by atoms with E-state index < -0.39 is 0 Å². The third-order valence-corrected chi connectivity index (χ3v) is 3.40. The number of fused-ring (bicyclic) bond motifs is 1. The zero-order valence-corrected chi connectivity index (χ0v) is 13.4. The van der Waals surface area contributed by atoms with Crippen LogP contribution in [0.3, 0.4) is 0 Å². The van der Waals surface area contributed by atoms with E-state index in [4.69, 9.17) is 19.8 Å². The topological polar surface area (TPSA) is 110 Å². The van der Waals surface area contributed by atoms with Crippen LogP contribution in [0.2, 0.25) is 0 Å². The summed E-state index contributed by atoms with van der Waals surface area (Å²) in [7, 11) is 0. The summed E-state index contributed by atoms with van der Waals surface area (Å²) in [5.74, 6) is 1.03. The fourth-order valence-corrected chi connectivity index (χ4v) is 2.21. The molecule has 8 nitrogen and oxygen atoms in total. The van der Waals surface area contributed by atoms with Gasteiger partial charge >= 0.3 is 0 Å². The predicted octanol–water partition coefficient (Wildman–Crippen LogP) is 1.88. The number of aromatic nitrogens is 3. The molecule has 2 heterocycles. The minimum absolute atomic E-state index is 0.00616. The second-order valence-corrected chi connectivity index (χ2v) is 5.12. The molecular weight excluding hydrogens is 324 g/mol. The van der Waals surface area contributed by atoms with Crippen LogP contribution in [-0.4, -0.2) is 51.7 Å². The molecule has 3 aromatic rings. The van der Waals surface area contributed by atoms with Crippen molar-refractivity contribution in [3.63, 3.8) is 0 Å². The Bertz CT molecular complexity index is 826. The molecule has 3 rings (SSSR count). The Morgan fingerprint density at radius 3 is 2.56 bits per heavy atom. The van der Waals surface area contributed by atoms with E-state index in [1.54, 1.807) is 18.3 Å². The van der Waals surface area contributed by atoms with Crippen LogP contribution in [0, 0.1) is 0 Å². The summed E-state index contributed by atoms with van der Waals surface area (Å²) in [6.45, 7) is 1.15. The van der Waals surface area contributed by atoms with E-state index in [-0.39, 0.29) is 6.61 Å². The van der Waals surface area contributed by atoms with Crippen LogP contribution in [0.1, 0.15) is 0 Å². The number of nitrogens with one attached hydrogen (secondary N) is 1. The number of nitrogens with zero attached hydrogens (tertiary/aromatic N) is 3. The molecule has 0 unspecified atom stereocenters. The maximum Gasteiger partial charge on any atom is 0.180 e. The van der Waals surface area contributed by atoms with Crippen LogP contribution in [0.5, 0.6) is 5.75 Å². The van der Waals surface area contributed by atoms with E-state index in [2.05, 4.69) is 15.0 Å². The van der Waals surface area contributed by atoms with E-state index in [1.165, 1.54) is 0 Å². The lowest BCUT2D eigenvalue weighted by Gasteiger charge is -2.08. The van der Waals surface area contributed by atoms with Crippen molar-refractivity contribution >= 4 is 17.0 Å². The van der Waals surface area contributed by atoms with E-state index in [0.717, 1.165) is 11.3 Å². The lowest BCUT2D eigenvalue weighted by atomic mass is 10.1. The highest BCUT2D eigenvalue weighted by molar-refractivity contribution is 5.75. The first kappa shape index (κ1) is 17.0. The van der Waals surface area contributed by atoms with Crippen molar-refractivity contribution in [3.05, 3.63) is 42.6 Å². The predicted molar refractivity (Wildman–Crippen MR) is 91.6 cm³/mol. The molecule has 0 fully saturated rings. The Kier molecular flexibility index (Phi) is 5.68. The van der Waals surface area contributed by atoms with Crippen molar-refractivity contribution in [1.29, 1.82) is 0 Å². The van der Waals surface area contributed by atoms with Gasteiger partial charge in [0.2, 0.25) is 0 Å². The number of benzene rings is 1. The molecule has 1 aromatic carbocycles. The van der Waals surface area contributed by atoms with Crippen molar-refractivity contribution in [3.8, 4) is 17.0 Å². The molecule has 0 atom stereocenters. The lowest BCUT2D eigenvalue weighted by Crippen LogP contribution is -2.09. The summed E-state index contributed by atoms with van der Waals surface area (Å²) in [6.07, 6.45) is 1.68. The van der Waals surface area contributed by atoms with Crippen LogP contribution in [0.4, 0.5) is 5.82 Å². The summed E-state index contributed by atoms with van der Waals surface area (Å²) in [6, 6.07) is 10.8. The lowest BCUT2D eigenvalue weighted by molar-refractivity contribution is 0.0705. The average molecular weight is 342 g/mol. The first-order valence-electron chi connectivity index (χ1n) is 7.76. The Hall–Kier alpha value is -2.81. The monoisotopic (exact) mass is 342 g/mol. The van der Waals surface area contributed by atoms with E-state index >= 15 is 0 Å². The van der Waals surface area contributed by atoms with Crippen LogP contribution in [0.15, 0.2) is 42.6 Å². The highest BCUT2D eigenvalue weighted by Gasteiger charge is 2.05. The van der Waals surface area contributed by atoms with Gasteiger partial charge < -0.3 is 14.6 Å². The van der Waals surface area contributed by atoms with Crippen molar-refractivity contribution in [1.82, 2.24) is 15.0 Å². The maximum atomic E-state index is 8.94. The van der Waals surface area contributed by atoms with E-state index in [1.807, 2.05) is 29.7 Å². The molecule has 25 heavy (non-hydrogen) atoms. The van der Waals surface area contributed by atoms with Gasteiger partial charge in [-0.1, -0.05) is 0 Å². The SMILES string of the molecule is OCCOCCOc1ccc(-c2cnc3ccc(NO)nc3n2)cc1. The van der Waals surface area contributed by atoms with Gasteiger partial charge in [0.05, 0.1) is 31.7 Å². The summed E-state index contributed by atoms with van der Waals surface area (Å²) in [5, 5.41) is 17.6. The number of hydrogen-bond acceptors (Lipinski definition) is 8. The fraction of sp³-hybridized carbons (Fsp3) is 0.235. The van der Waals surface area contributed by atoms with Crippen LogP contribution in [-0.2, 0) is 4.74 Å². The van der Waals surface area contributed by atoms with Crippen LogP contribution < -0.4 is 10.2 Å². The standard InChI is InChI=1S/C17H18N4O4/c22-7-8-24-9-10-25-13-3-1-12(2-4-13)15-11-18-14-5-6-16(21-23)20-17(14)19-15/h1-6,11,22-23H,7-10H2,(H,19,20,21). The van der Waals surface area contributed by atoms with E-state index in [9.17, 15) is 0 Å². The number of anilines is 1. The quantitative estimate of drug-likeness (QED) is 0.420. The van der Waals surface area contributed by atoms with Crippen molar-refractivity contribution in [2.45, 2.75) is 0 Å². The molecule has 0 amide bonds. The molecule has 2 aromatic heterocycles. The van der Waals surface area contributed by atoms with Crippen molar-refractivity contribution < 1.29 is 19.8 Å². The Balaban J connectivity index is 1.70. The minimum Gasteiger partial charge on any atom is -0.491 e. The van der Waals surface area contributed by atoms with Crippen molar-refractivity contribution in [2.75, 3.05) is 31.9 Å². The summed E-state index contributed by atoms with van der Waals surface area (Å²) in [5.41, 5.74) is 4.64. The Labute approximate surface area is 144 Å². The highest BCUT2D eigenvalue weighted by Crippen LogP contribution is 2.22. The van der Waals surface area contributed by atoms with Gasteiger partial charge in [0.25, 0.3) is 0 Å². The third-order valence-electron chi connectivity index (χ3n) is 3.40. The van der Waals surface area contributed by atoms with Gasteiger partial charge in [0, 0.05) is 5.56 Å². The molecule has 3 N–H and O–H groups in total. The second kappa shape index (κ2) is 8.34. The molecule has 130 valence electrons. The molecule has 0 spiro atoms. The summed E-state index contributed by atoms with van der Waals surface area (Å²) >= 11 is 0. The largest absolute Gasteiger partial charge is 0.491 e. The second-order valence-electron chi connectivity index (χ2n) is 5.12. The number of hydrogen-bond donors (Lipinski definition) is 3. The Morgan fingerprint density at radius 2 is 1.80 bits per heavy atom. The molecule has 8 heteroatoms. The minimum atomic E-state index is 0.00616. The van der Waals surface area contributed by atoms with Gasteiger partial charge in [-0.15, -0.1) is 0 Å². The van der Waals surface area contributed by atoms with Gasteiger partial charge in [-0.3, -0.25) is 15.7 Å². The number of aliphatic hydroxyl groups is 1. The van der Waals surface area contributed by atoms with Gasteiger partial charge in [-0.25, -0.2) is 9.97 Å². The van der Waals surface area contributed by atoms with Gasteiger partial charge in [-0.2, -0.15) is 0 Å². The summed E-state index contributed by atoms with van der Waals surface area (Å²) in [4.78, 5) is 13.0. The zero-order valence-electron chi connectivity index (χ0n) is 13.4. The normalized spacial score (nSPS) is 10.8. The first-order chi connectivity index (χ1) is 12.3. The van der Waals surface area contributed by atoms with Crippen LogP contribution >= 0.6 is 0 Å². The molecule has 0 saturated heterocycles. The number of aliphatic hydroxyl groups excluding tert-OH is 1. The van der Waals surface area contributed by atoms with Crippen molar-refractivity contribution in [2.24, 2.45) is 0 Å². The molecule has 0 aliphatic rings. The van der Waals surface area contributed by atoms with Gasteiger partial charge in [0.1, 0.15) is 17.9 Å². The number of ether oxygens (including phenoxy) is 2. The molecule has 0 saturated carbocycles.